The first kappa shape index (κ1) is 17.4. The second-order valence-electron chi connectivity index (χ2n) is 6.72. The number of hydrogen-bond acceptors (Lipinski definition) is 10. The van der Waals surface area contributed by atoms with E-state index in [1.165, 1.54) is 23.7 Å². The summed E-state index contributed by atoms with van der Waals surface area (Å²) >= 11 is 0. The summed E-state index contributed by atoms with van der Waals surface area (Å²) in [7, 11) is 0. The number of rotatable bonds is 5. The molecule has 0 aromatic carbocycles. The molecule has 7 N–H and O–H groups in total. The number of aromatic nitrogens is 4. The predicted molar refractivity (Wildman–Crippen MR) is 92.0 cm³/mol. The molecule has 1 aliphatic carbocycles. The molecule has 2 aromatic rings. The Labute approximate surface area is 149 Å². The Morgan fingerprint density at radius 3 is 2.65 bits per heavy atom. The van der Waals surface area contributed by atoms with E-state index in [1.807, 2.05) is 0 Å². The number of hydrazine groups is 1. The molecule has 0 bridgehead atoms. The van der Waals surface area contributed by atoms with Crippen molar-refractivity contribution >= 4 is 22.9 Å². The molecule has 3 heterocycles. The minimum atomic E-state index is -1.22. The number of anilines is 2. The lowest BCUT2D eigenvalue weighted by Crippen LogP contribution is -2.33. The monoisotopic (exact) mass is 365 g/mol. The molecule has 1 saturated carbocycles. The van der Waals surface area contributed by atoms with E-state index in [-0.39, 0.29) is 5.95 Å². The van der Waals surface area contributed by atoms with Crippen LogP contribution in [0, 0.1) is 0 Å². The molecule has 2 aromatic heterocycles. The topological polar surface area (TPSA) is 164 Å². The van der Waals surface area contributed by atoms with Crippen LogP contribution in [0.25, 0.3) is 11.2 Å². The van der Waals surface area contributed by atoms with E-state index in [1.54, 1.807) is 0 Å². The number of aliphatic hydroxyl groups excluding tert-OH is 3. The number of fused-ring (bicyclic) bond motifs is 1. The Bertz CT molecular complexity index is 779. The summed E-state index contributed by atoms with van der Waals surface area (Å²) in [5.74, 6) is 6.25. The van der Waals surface area contributed by atoms with Crippen molar-refractivity contribution in [2.45, 2.75) is 56.3 Å². The predicted octanol–water partition coefficient (Wildman–Crippen LogP) is -0.922. The number of nitrogens with two attached hydrogens (primary N) is 1. The third-order valence-electron chi connectivity index (χ3n) is 5.04. The van der Waals surface area contributed by atoms with Gasteiger partial charge in [-0.3, -0.25) is 9.99 Å². The van der Waals surface area contributed by atoms with E-state index in [2.05, 4.69) is 25.7 Å². The van der Waals surface area contributed by atoms with Crippen molar-refractivity contribution in [1.82, 2.24) is 19.5 Å². The summed E-state index contributed by atoms with van der Waals surface area (Å²) in [4.78, 5) is 13.0. The summed E-state index contributed by atoms with van der Waals surface area (Å²) in [5.41, 5.74) is 3.36. The van der Waals surface area contributed by atoms with Crippen molar-refractivity contribution in [3.8, 4) is 0 Å². The normalized spacial score (nSPS) is 29.5. The summed E-state index contributed by atoms with van der Waals surface area (Å²) in [6.07, 6.45) is 1.71. The van der Waals surface area contributed by atoms with Gasteiger partial charge >= 0.3 is 0 Å². The van der Waals surface area contributed by atoms with E-state index in [4.69, 9.17) is 10.6 Å². The van der Waals surface area contributed by atoms with Gasteiger partial charge in [-0.1, -0.05) is 12.8 Å². The van der Waals surface area contributed by atoms with Gasteiger partial charge in [-0.25, -0.2) is 10.8 Å². The minimum Gasteiger partial charge on any atom is -0.394 e. The molecule has 4 rings (SSSR count). The summed E-state index contributed by atoms with van der Waals surface area (Å²) in [5, 5.41) is 33.0. The fourth-order valence-electron chi connectivity index (χ4n) is 3.64. The van der Waals surface area contributed by atoms with Crippen LogP contribution in [0.5, 0.6) is 0 Å². The van der Waals surface area contributed by atoms with E-state index in [9.17, 15) is 15.3 Å². The molecular formula is C15H23N7O4. The third kappa shape index (κ3) is 2.87. The minimum absolute atomic E-state index is 0.200. The molecule has 11 nitrogen and oxygen atoms in total. The molecule has 26 heavy (non-hydrogen) atoms. The van der Waals surface area contributed by atoms with Crippen molar-refractivity contribution in [2.24, 2.45) is 5.84 Å². The van der Waals surface area contributed by atoms with Gasteiger partial charge < -0.3 is 25.4 Å². The zero-order valence-corrected chi connectivity index (χ0v) is 14.1. The highest BCUT2D eigenvalue weighted by atomic mass is 16.6. The first-order chi connectivity index (χ1) is 12.6. The van der Waals surface area contributed by atoms with Gasteiger partial charge in [0.2, 0.25) is 5.95 Å². The molecular weight excluding hydrogens is 342 g/mol. The Kier molecular flexibility index (Phi) is 4.63. The lowest BCUT2D eigenvalue weighted by Gasteiger charge is -2.17. The van der Waals surface area contributed by atoms with Gasteiger partial charge in [0.15, 0.2) is 23.2 Å². The maximum atomic E-state index is 10.3. The number of imidazole rings is 1. The van der Waals surface area contributed by atoms with Crippen LogP contribution in [0.15, 0.2) is 6.33 Å². The lowest BCUT2D eigenvalue weighted by molar-refractivity contribution is -0.0511. The molecule has 142 valence electrons. The summed E-state index contributed by atoms with van der Waals surface area (Å²) < 4.78 is 7.09. The van der Waals surface area contributed by atoms with Crippen LogP contribution >= 0.6 is 0 Å². The quantitative estimate of drug-likeness (QED) is 0.288. The van der Waals surface area contributed by atoms with Crippen LogP contribution in [0.2, 0.25) is 0 Å². The van der Waals surface area contributed by atoms with Crippen molar-refractivity contribution in [1.29, 1.82) is 0 Å². The van der Waals surface area contributed by atoms with E-state index < -0.39 is 31.1 Å². The van der Waals surface area contributed by atoms with Crippen molar-refractivity contribution in [3.05, 3.63) is 6.33 Å². The number of hydrogen-bond donors (Lipinski definition) is 6. The average Bonchev–Trinajstić information content (AvgIpc) is 3.36. The largest absolute Gasteiger partial charge is 0.394 e. The van der Waals surface area contributed by atoms with Gasteiger partial charge in [0.1, 0.15) is 18.3 Å². The molecule has 4 atom stereocenters. The molecule has 0 radical (unpaired) electrons. The van der Waals surface area contributed by atoms with Gasteiger partial charge in [-0.15, -0.1) is 0 Å². The second kappa shape index (κ2) is 6.93. The zero-order chi connectivity index (χ0) is 18.3. The number of nitrogen functional groups attached to an aromatic ring is 1. The van der Waals surface area contributed by atoms with E-state index in [0.29, 0.717) is 23.0 Å². The van der Waals surface area contributed by atoms with Crippen molar-refractivity contribution in [2.75, 3.05) is 17.3 Å². The fraction of sp³-hybridized carbons (Fsp3) is 0.667. The maximum absolute atomic E-state index is 10.3. The van der Waals surface area contributed by atoms with Gasteiger partial charge in [0.25, 0.3) is 0 Å². The molecule has 1 aliphatic heterocycles. The lowest BCUT2D eigenvalue weighted by atomic mass is 10.1. The number of nitrogens with zero attached hydrogens (tertiary/aromatic N) is 4. The molecule has 4 unspecified atom stereocenters. The van der Waals surface area contributed by atoms with Gasteiger partial charge in [-0.2, -0.15) is 9.97 Å². The third-order valence-corrected chi connectivity index (χ3v) is 5.04. The van der Waals surface area contributed by atoms with Gasteiger partial charge in [0, 0.05) is 6.04 Å². The first-order valence-electron chi connectivity index (χ1n) is 8.72. The van der Waals surface area contributed by atoms with Crippen LogP contribution in [-0.4, -0.2) is 65.8 Å². The fourth-order valence-corrected chi connectivity index (χ4v) is 3.64. The molecule has 2 fully saturated rings. The van der Waals surface area contributed by atoms with E-state index in [0.717, 1.165) is 12.8 Å². The summed E-state index contributed by atoms with van der Waals surface area (Å²) in [6.45, 7) is -0.402. The highest BCUT2D eigenvalue weighted by Gasteiger charge is 2.44. The molecule has 2 aliphatic rings. The van der Waals surface area contributed by atoms with Crippen LogP contribution in [0.4, 0.5) is 11.8 Å². The Morgan fingerprint density at radius 2 is 2.00 bits per heavy atom. The Balaban J connectivity index is 1.72. The standard InChI is InChI=1S/C15H23N7O4/c16-21-15-19-12(18-7-3-1-2-4-7)9-13(20-15)22(6-17-9)14-11(25)10(24)8(5-23)26-14/h6-8,10-11,14,23-25H,1-5,16H2,(H2,18,19,20,21). The molecule has 11 heteroatoms. The SMILES string of the molecule is NNc1nc(NC2CCCC2)c2ncn(C3OC(CO)C(O)C3O)c2n1. The molecule has 0 spiro atoms. The Hall–Kier alpha value is -2.05. The molecule has 1 saturated heterocycles. The van der Waals surface area contributed by atoms with Crippen LogP contribution in [0.3, 0.4) is 0 Å². The van der Waals surface area contributed by atoms with Crippen molar-refractivity contribution in [3.63, 3.8) is 0 Å². The number of ether oxygens (including phenoxy) is 1. The average molecular weight is 365 g/mol. The second-order valence-corrected chi connectivity index (χ2v) is 6.72. The van der Waals surface area contributed by atoms with Crippen molar-refractivity contribution < 1.29 is 20.1 Å². The zero-order valence-electron chi connectivity index (χ0n) is 14.1. The van der Waals surface area contributed by atoms with E-state index >= 15 is 0 Å². The highest BCUT2D eigenvalue weighted by Crippen LogP contribution is 2.33. The van der Waals surface area contributed by atoms with Crippen LogP contribution in [-0.2, 0) is 4.74 Å². The highest BCUT2D eigenvalue weighted by molar-refractivity contribution is 5.84. The first-order valence-corrected chi connectivity index (χ1v) is 8.72. The summed E-state index contributed by atoms with van der Waals surface area (Å²) in [6, 6.07) is 0.317. The smallest absolute Gasteiger partial charge is 0.241 e. The molecule has 0 amide bonds. The number of aliphatic hydroxyl groups is 3. The Morgan fingerprint density at radius 1 is 1.23 bits per heavy atom. The van der Waals surface area contributed by atoms with Crippen LogP contribution in [0.1, 0.15) is 31.9 Å². The van der Waals surface area contributed by atoms with Crippen LogP contribution < -0.4 is 16.6 Å². The van der Waals surface area contributed by atoms with Gasteiger partial charge in [-0.05, 0) is 12.8 Å². The maximum Gasteiger partial charge on any atom is 0.241 e. The van der Waals surface area contributed by atoms with Gasteiger partial charge in [0.05, 0.1) is 12.9 Å². The number of nitrogens with one attached hydrogen (secondary N) is 2.